The second-order valence-electron chi connectivity index (χ2n) is 8.45. The lowest BCUT2D eigenvalue weighted by Gasteiger charge is -2.35. The third-order valence-corrected chi connectivity index (χ3v) is 7.12. The summed E-state index contributed by atoms with van der Waals surface area (Å²) < 4.78 is 28.9. The minimum Gasteiger partial charge on any atom is -0.493 e. The third kappa shape index (κ3) is 6.35. The molecule has 8 nitrogen and oxygen atoms in total. The van der Waals surface area contributed by atoms with Crippen molar-refractivity contribution < 1.29 is 22.7 Å². The highest BCUT2D eigenvalue weighted by atomic mass is 32.2. The van der Waals surface area contributed by atoms with E-state index in [2.05, 4.69) is 0 Å². The van der Waals surface area contributed by atoms with Crippen molar-refractivity contribution in [1.29, 1.82) is 0 Å². The lowest BCUT2D eigenvalue weighted by Crippen LogP contribution is -2.48. The van der Waals surface area contributed by atoms with Crippen LogP contribution >= 0.6 is 0 Å². The first-order chi connectivity index (χ1) is 14.8. The molecule has 2 fully saturated rings. The molecule has 0 N–H and O–H groups in total. The molecule has 9 heteroatoms. The summed E-state index contributed by atoms with van der Waals surface area (Å²) in [5.41, 5.74) is 0. The number of carbonyl (C=O) groups is 2. The molecule has 0 spiro atoms. The number of ether oxygens (including phenoxy) is 1. The fraction of sp³-hybridized carbons (Fsp3) is 0.636. The zero-order chi connectivity index (χ0) is 22.4. The van der Waals surface area contributed by atoms with Crippen molar-refractivity contribution in [3.63, 3.8) is 0 Å². The molecule has 2 aliphatic rings. The van der Waals surface area contributed by atoms with Gasteiger partial charge in [0.1, 0.15) is 5.75 Å². The Morgan fingerprint density at radius 1 is 1.10 bits per heavy atom. The highest BCUT2D eigenvalue weighted by Gasteiger charge is 2.31. The summed E-state index contributed by atoms with van der Waals surface area (Å²) in [7, 11) is -1.47. The molecule has 0 bridgehead atoms. The topological polar surface area (TPSA) is 87.2 Å². The number of sulfone groups is 1. The van der Waals surface area contributed by atoms with E-state index < -0.39 is 9.84 Å². The van der Waals surface area contributed by atoms with Gasteiger partial charge in [-0.25, -0.2) is 13.2 Å². The molecule has 0 saturated carbocycles. The van der Waals surface area contributed by atoms with Crippen LogP contribution in [0.5, 0.6) is 5.75 Å². The van der Waals surface area contributed by atoms with Crippen molar-refractivity contribution in [3.8, 4) is 5.75 Å². The van der Waals surface area contributed by atoms with Gasteiger partial charge in [0.25, 0.3) is 0 Å². The standard InChI is InChI=1S/C22H33N3O5S/c1-23(11-6-16-30-19-7-5-8-20(17-19)31(2,28)29)21(26)18-9-14-25(15-10-18)22(27)24-12-3-4-13-24/h5,7-8,17-18H,3-4,6,9-16H2,1-2H3. The van der Waals surface area contributed by atoms with Crippen LogP contribution in [0.25, 0.3) is 0 Å². The van der Waals surface area contributed by atoms with Gasteiger partial charge in [-0.2, -0.15) is 0 Å². The SMILES string of the molecule is CN(CCCOc1cccc(S(C)(=O)=O)c1)C(=O)C1CCN(C(=O)N2CCCC2)CC1. The molecule has 0 atom stereocenters. The molecule has 2 saturated heterocycles. The lowest BCUT2D eigenvalue weighted by atomic mass is 9.95. The Morgan fingerprint density at radius 2 is 1.74 bits per heavy atom. The second-order valence-corrected chi connectivity index (χ2v) is 10.5. The monoisotopic (exact) mass is 451 g/mol. The van der Waals surface area contributed by atoms with Crippen LogP contribution in [0.2, 0.25) is 0 Å². The molecular weight excluding hydrogens is 418 g/mol. The van der Waals surface area contributed by atoms with E-state index in [0.29, 0.717) is 51.3 Å². The average Bonchev–Trinajstić information content (AvgIpc) is 3.30. The molecule has 1 aromatic rings. The Kier molecular flexibility index (Phi) is 7.80. The van der Waals surface area contributed by atoms with E-state index in [1.807, 2.05) is 9.80 Å². The van der Waals surface area contributed by atoms with E-state index in [1.54, 1.807) is 30.1 Å². The van der Waals surface area contributed by atoms with Crippen LogP contribution in [0.1, 0.15) is 32.1 Å². The van der Waals surface area contributed by atoms with Gasteiger partial charge in [-0.05, 0) is 50.3 Å². The fourth-order valence-electron chi connectivity index (χ4n) is 4.13. The van der Waals surface area contributed by atoms with Gasteiger partial charge in [0.05, 0.1) is 11.5 Å². The predicted octanol–water partition coefficient (Wildman–Crippen LogP) is 2.25. The molecule has 3 amide bonds. The van der Waals surface area contributed by atoms with E-state index in [9.17, 15) is 18.0 Å². The van der Waals surface area contributed by atoms with Crippen molar-refractivity contribution in [3.05, 3.63) is 24.3 Å². The zero-order valence-electron chi connectivity index (χ0n) is 18.5. The zero-order valence-corrected chi connectivity index (χ0v) is 19.3. The molecule has 1 aromatic carbocycles. The Bertz CT molecular complexity index is 875. The number of rotatable bonds is 7. The van der Waals surface area contributed by atoms with Crippen LogP contribution in [0.15, 0.2) is 29.2 Å². The van der Waals surface area contributed by atoms with Gasteiger partial charge < -0.3 is 19.4 Å². The van der Waals surface area contributed by atoms with Crippen molar-refractivity contribution in [2.24, 2.45) is 5.92 Å². The molecule has 31 heavy (non-hydrogen) atoms. The molecule has 0 unspecified atom stereocenters. The molecule has 0 aromatic heterocycles. The lowest BCUT2D eigenvalue weighted by molar-refractivity contribution is -0.135. The number of benzene rings is 1. The van der Waals surface area contributed by atoms with Crippen LogP contribution in [0.4, 0.5) is 4.79 Å². The van der Waals surface area contributed by atoms with Crippen molar-refractivity contribution in [2.45, 2.75) is 37.0 Å². The van der Waals surface area contributed by atoms with Crippen molar-refractivity contribution in [1.82, 2.24) is 14.7 Å². The Balaban J connectivity index is 1.38. The van der Waals surface area contributed by atoms with Gasteiger partial charge in [-0.15, -0.1) is 0 Å². The largest absolute Gasteiger partial charge is 0.493 e. The third-order valence-electron chi connectivity index (χ3n) is 6.01. The normalized spacial score (nSPS) is 17.6. The Hall–Kier alpha value is -2.29. The van der Waals surface area contributed by atoms with Gasteiger partial charge in [0, 0.05) is 51.9 Å². The number of carbonyl (C=O) groups excluding carboxylic acids is 2. The average molecular weight is 452 g/mol. The van der Waals surface area contributed by atoms with Gasteiger partial charge in [-0.3, -0.25) is 4.79 Å². The van der Waals surface area contributed by atoms with E-state index in [4.69, 9.17) is 4.74 Å². The first-order valence-electron chi connectivity index (χ1n) is 11.0. The number of piperidine rings is 1. The van der Waals surface area contributed by atoms with Gasteiger partial charge >= 0.3 is 6.03 Å². The second kappa shape index (κ2) is 10.3. The highest BCUT2D eigenvalue weighted by molar-refractivity contribution is 7.90. The number of urea groups is 1. The summed E-state index contributed by atoms with van der Waals surface area (Å²) in [6.07, 6.45) is 5.39. The first-order valence-corrected chi connectivity index (χ1v) is 12.9. The number of likely N-dealkylation sites (tertiary alicyclic amines) is 2. The van der Waals surface area contributed by atoms with E-state index >= 15 is 0 Å². The van der Waals surface area contributed by atoms with E-state index in [-0.39, 0.29) is 22.8 Å². The van der Waals surface area contributed by atoms with E-state index in [0.717, 1.165) is 25.9 Å². The van der Waals surface area contributed by atoms with Gasteiger partial charge in [0.15, 0.2) is 9.84 Å². The number of amides is 3. The predicted molar refractivity (Wildman–Crippen MR) is 118 cm³/mol. The minimum atomic E-state index is -3.27. The van der Waals surface area contributed by atoms with Crippen LogP contribution in [-0.4, -0.2) is 87.7 Å². The molecular formula is C22H33N3O5S. The minimum absolute atomic E-state index is 0.0417. The van der Waals surface area contributed by atoms with Crippen LogP contribution < -0.4 is 4.74 Å². The quantitative estimate of drug-likeness (QED) is 0.594. The number of hydrogen-bond acceptors (Lipinski definition) is 5. The number of hydrogen-bond donors (Lipinski definition) is 0. The fourth-order valence-corrected chi connectivity index (χ4v) is 4.79. The maximum Gasteiger partial charge on any atom is 0.319 e. The maximum absolute atomic E-state index is 12.8. The molecule has 172 valence electrons. The van der Waals surface area contributed by atoms with Crippen molar-refractivity contribution in [2.75, 3.05) is 52.6 Å². The van der Waals surface area contributed by atoms with Crippen molar-refractivity contribution >= 4 is 21.8 Å². The maximum atomic E-state index is 12.8. The summed E-state index contributed by atoms with van der Waals surface area (Å²) in [6, 6.07) is 6.55. The summed E-state index contributed by atoms with van der Waals surface area (Å²) in [6.45, 7) is 3.94. The summed E-state index contributed by atoms with van der Waals surface area (Å²) in [5, 5.41) is 0. The van der Waals surface area contributed by atoms with E-state index in [1.165, 1.54) is 12.3 Å². The summed E-state index contributed by atoms with van der Waals surface area (Å²) in [5.74, 6) is 0.583. The smallest absolute Gasteiger partial charge is 0.319 e. The first kappa shape index (κ1) is 23.4. The molecule has 0 radical (unpaired) electrons. The van der Waals surface area contributed by atoms with Crippen LogP contribution in [0.3, 0.4) is 0 Å². The molecule has 0 aliphatic carbocycles. The van der Waals surface area contributed by atoms with Gasteiger partial charge in [0.2, 0.25) is 5.91 Å². The Labute approximate surface area is 185 Å². The summed E-state index contributed by atoms with van der Waals surface area (Å²) in [4.78, 5) is 31.0. The molecule has 3 rings (SSSR count). The summed E-state index contributed by atoms with van der Waals surface area (Å²) >= 11 is 0. The molecule has 2 heterocycles. The number of nitrogens with zero attached hydrogens (tertiary/aromatic N) is 3. The Morgan fingerprint density at radius 3 is 2.39 bits per heavy atom. The highest BCUT2D eigenvalue weighted by Crippen LogP contribution is 2.22. The van der Waals surface area contributed by atoms with Crippen LogP contribution in [-0.2, 0) is 14.6 Å². The van der Waals surface area contributed by atoms with Gasteiger partial charge in [-0.1, -0.05) is 6.07 Å². The van der Waals surface area contributed by atoms with Crippen LogP contribution in [0, 0.1) is 5.92 Å². The molecule has 2 aliphatic heterocycles.